The molecule has 0 fully saturated rings. The number of hydrogen-bond acceptors (Lipinski definition) is 2. The second-order valence-electron chi connectivity index (χ2n) is 5.96. The number of rotatable bonds is 3. The highest BCUT2D eigenvalue weighted by Crippen LogP contribution is 2.55. The van der Waals surface area contributed by atoms with Gasteiger partial charge in [0.15, 0.2) is 0 Å². The number of hydrogen-bond donors (Lipinski definition) is 0. The molecule has 0 saturated heterocycles. The fourth-order valence-electron chi connectivity index (χ4n) is 2.22. The van der Waals surface area contributed by atoms with Crippen LogP contribution in [0.4, 0.5) is 0 Å². The number of benzene rings is 1. The smallest absolute Gasteiger partial charge is 0.241 e. The third-order valence-corrected chi connectivity index (χ3v) is 6.77. The summed E-state index contributed by atoms with van der Waals surface area (Å²) in [5.41, 5.74) is 0. The molecule has 0 saturated carbocycles. The first kappa shape index (κ1) is 13.6. The Labute approximate surface area is 111 Å². The summed E-state index contributed by atoms with van der Waals surface area (Å²) in [6.07, 6.45) is 0.705. The molecule has 0 radical (unpaired) electrons. The SMILES string of the molecule is CC1CP(=O)(c2ccccc2)C=C1O[Si](C)(C)C. The van der Waals surface area contributed by atoms with Crippen LogP contribution in [0.15, 0.2) is 41.9 Å². The van der Waals surface area contributed by atoms with Crippen molar-refractivity contribution in [2.45, 2.75) is 26.6 Å². The molecule has 0 spiro atoms. The molecule has 0 aliphatic carbocycles. The third-order valence-electron chi connectivity index (χ3n) is 2.98. The largest absolute Gasteiger partial charge is 0.547 e. The normalized spacial score (nSPS) is 28.0. The fourth-order valence-corrected chi connectivity index (χ4v) is 6.14. The van der Waals surface area contributed by atoms with Crippen LogP contribution in [0.3, 0.4) is 0 Å². The van der Waals surface area contributed by atoms with Crippen LogP contribution in [-0.4, -0.2) is 14.5 Å². The minimum Gasteiger partial charge on any atom is -0.547 e. The van der Waals surface area contributed by atoms with Gasteiger partial charge in [0.25, 0.3) is 0 Å². The lowest BCUT2D eigenvalue weighted by Gasteiger charge is -2.22. The van der Waals surface area contributed by atoms with E-state index in [-0.39, 0.29) is 5.92 Å². The summed E-state index contributed by atoms with van der Waals surface area (Å²) in [5, 5.41) is 0.950. The molecule has 1 aliphatic heterocycles. The van der Waals surface area contributed by atoms with Crippen LogP contribution in [0.2, 0.25) is 19.6 Å². The van der Waals surface area contributed by atoms with Crippen molar-refractivity contribution in [2.75, 3.05) is 6.16 Å². The molecule has 0 aromatic heterocycles. The molecule has 1 aromatic carbocycles. The highest BCUT2D eigenvalue weighted by atomic mass is 31.2. The summed E-state index contributed by atoms with van der Waals surface area (Å²) < 4.78 is 19.0. The zero-order valence-corrected chi connectivity index (χ0v) is 13.4. The summed E-state index contributed by atoms with van der Waals surface area (Å²) in [7, 11) is -4.00. The topological polar surface area (TPSA) is 26.3 Å². The Morgan fingerprint density at radius 3 is 2.39 bits per heavy atom. The second kappa shape index (κ2) is 4.71. The Balaban J connectivity index is 2.31. The van der Waals surface area contributed by atoms with Crippen molar-refractivity contribution in [1.82, 2.24) is 0 Å². The lowest BCUT2D eigenvalue weighted by atomic mass is 10.2. The average Bonchev–Trinajstić information content (AvgIpc) is 2.54. The standard InChI is InChI=1S/C14H21O2PSi/c1-12-10-17(15,13-8-6-5-7-9-13)11-14(12)16-18(2,3)4/h5-9,11-12H,10H2,1-4H3. The minimum atomic E-state index is -2.39. The van der Waals surface area contributed by atoms with E-state index in [9.17, 15) is 4.57 Å². The monoisotopic (exact) mass is 280 g/mol. The maximum absolute atomic E-state index is 13.0. The average molecular weight is 280 g/mol. The van der Waals surface area contributed by atoms with Gasteiger partial charge in [0, 0.05) is 23.2 Å². The van der Waals surface area contributed by atoms with Crippen molar-refractivity contribution in [3.8, 4) is 0 Å². The lowest BCUT2D eigenvalue weighted by molar-refractivity contribution is 0.371. The van der Waals surface area contributed by atoms with E-state index in [4.69, 9.17) is 4.43 Å². The van der Waals surface area contributed by atoms with Crippen molar-refractivity contribution in [2.24, 2.45) is 5.92 Å². The van der Waals surface area contributed by atoms with E-state index in [1.54, 1.807) is 0 Å². The Hall–Kier alpha value is -0.793. The van der Waals surface area contributed by atoms with Crippen LogP contribution < -0.4 is 5.30 Å². The van der Waals surface area contributed by atoms with Gasteiger partial charge in [0.05, 0.1) is 5.76 Å². The van der Waals surface area contributed by atoms with Crippen LogP contribution in [0, 0.1) is 5.92 Å². The summed E-state index contributed by atoms with van der Waals surface area (Å²) in [5.74, 6) is 3.12. The van der Waals surface area contributed by atoms with Gasteiger partial charge in [-0.15, -0.1) is 0 Å². The van der Waals surface area contributed by atoms with Crippen LogP contribution in [-0.2, 0) is 8.99 Å². The van der Waals surface area contributed by atoms with Crippen LogP contribution >= 0.6 is 7.14 Å². The maximum atomic E-state index is 13.0. The van der Waals surface area contributed by atoms with Gasteiger partial charge < -0.3 is 8.99 Å². The van der Waals surface area contributed by atoms with Crippen LogP contribution in [0.5, 0.6) is 0 Å². The highest BCUT2D eigenvalue weighted by molar-refractivity contribution is 7.74. The molecule has 4 heteroatoms. The molecule has 2 nitrogen and oxygen atoms in total. The van der Waals surface area contributed by atoms with Gasteiger partial charge in [0.2, 0.25) is 8.32 Å². The first-order valence-corrected chi connectivity index (χ1v) is 11.7. The summed E-state index contributed by atoms with van der Waals surface area (Å²) in [6, 6.07) is 9.77. The molecule has 0 amide bonds. The Bertz CT molecular complexity index is 502. The van der Waals surface area contributed by atoms with Crippen molar-refractivity contribution in [1.29, 1.82) is 0 Å². The molecule has 1 aromatic rings. The maximum Gasteiger partial charge on any atom is 0.241 e. The van der Waals surface area contributed by atoms with Gasteiger partial charge in [-0.3, -0.25) is 0 Å². The van der Waals surface area contributed by atoms with Gasteiger partial charge in [-0.05, 0) is 19.6 Å². The van der Waals surface area contributed by atoms with Gasteiger partial charge in [-0.25, -0.2) is 0 Å². The zero-order chi connectivity index (χ0) is 13.4. The molecule has 1 aliphatic rings. The molecule has 2 unspecified atom stereocenters. The lowest BCUT2D eigenvalue weighted by Crippen LogP contribution is -2.26. The highest BCUT2D eigenvalue weighted by Gasteiger charge is 2.36. The van der Waals surface area contributed by atoms with E-state index in [2.05, 4.69) is 26.6 Å². The first-order chi connectivity index (χ1) is 8.30. The minimum absolute atomic E-state index is 0.266. The predicted octanol–water partition coefficient (Wildman–Crippen LogP) is 4.02. The first-order valence-electron chi connectivity index (χ1n) is 6.36. The van der Waals surface area contributed by atoms with Gasteiger partial charge in [0.1, 0.15) is 7.14 Å². The van der Waals surface area contributed by atoms with Crippen LogP contribution in [0.25, 0.3) is 0 Å². The van der Waals surface area contributed by atoms with E-state index in [0.29, 0.717) is 6.16 Å². The van der Waals surface area contributed by atoms with Crippen molar-refractivity contribution in [3.05, 3.63) is 41.9 Å². The molecule has 1 heterocycles. The third kappa shape index (κ3) is 2.96. The molecule has 2 rings (SSSR count). The van der Waals surface area contributed by atoms with Crippen molar-refractivity contribution in [3.63, 3.8) is 0 Å². The fraction of sp³-hybridized carbons (Fsp3) is 0.429. The van der Waals surface area contributed by atoms with Crippen molar-refractivity contribution < 1.29 is 8.99 Å². The molecular weight excluding hydrogens is 259 g/mol. The molecular formula is C14H21O2PSi. The van der Waals surface area contributed by atoms with Crippen LogP contribution in [0.1, 0.15) is 6.92 Å². The summed E-state index contributed by atoms with van der Waals surface area (Å²) >= 11 is 0. The van der Waals surface area contributed by atoms with Gasteiger partial charge in [-0.2, -0.15) is 0 Å². The van der Waals surface area contributed by atoms with E-state index >= 15 is 0 Å². The quantitative estimate of drug-likeness (QED) is 0.617. The molecule has 18 heavy (non-hydrogen) atoms. The van der Waals surface area contributed by atoms with Crippen molar-refractivity contribution >= 4 is 20.8 Å². The van der Waals surface area contributed by atoms with Gasteiger partial charge in [-0.1, -0.05) is 37.3 Å². The predicted molar refractivity (Wildman–Crippen MR) is 80.2 cm³/mol. The number of allylic oxidation sites excluding steroid dienone is 1. The summed E-state index contributed by atoms with van der Waals surface area (Å²) in [6.45, 7) is 8.58. The van der Waals surface area contributed by atoms with E-state index in [1.165, 1.54) is 0 Å². The second-order valence-corrected chi connectivity index (χ2v) is 13.1. The van der Waals surface area contributed by atoms with Gasteiger partial charge >= 0.3 is 0 Å². The zero-order valence-electron chi connectivity index (χ0n) is 11.5. The van der Waals surface area contributed by atoms with E-state index < -0.39 is 15.5 Å². The molecule has 0 N–H and O–H groups in total. The molecule has 2 atom stereocenters. The Morgan fingerprint density at radius 1 is 1.22 bits per heavy atom. The summed E-state index contributed by atoms with van der Waals surface area (Å²) in [4.78, 5) is 0. The molecule has 98 valence electrons. The Kier molecular flexibility index (Phi) is 3.57. The van der Waals surface area contributed by atoms with E-state index in [1.807, 2.05) is 36.1 Å². The Morgan fingerprint density at radius 2 is 1.83 bits per heavy atom. The molecule has 0 bridgehead atoms. The van der Waals surface area contributed by atoms with E-state index in [0.717, 1.165) is 11.1 Å².